The summed E-state index contributed by atoms with van der Waals surface area (Å²) in [6.45, 7) is 5.49. The third-order valence-electron chi connectivity index (χ3n) is 3.61. The summed E-state index contributed by atoms with van der Waals surface area (Å²) in [6, 6.07) is 4.78. The van der Waals surface area contributed by atoms with Crippen LogP contribution in [0.5, 0.6) is 0 Å². The van der Waals surface area contributed by atoms with Gasteiger partial charge in [-0.25, -0.2) is 9.97 Å². The Morgan fingerprint density at radius 2 is 2.28 bits per heavy atom. The molecule has 1 aliphatic heterocycles. The van der Waals surface area contributed by atoms with E-state index in [9.17, 15) is 0 Å². The van der Waals surface area contributed by atoms with Gasteiger partial charge in [0, 0.05) is 12.2 Å². The molecule has 1 unspecified atom stereocenters. The minimum absolute atomic E-state index is 0.385. The Bertz CT molecular complexity index is 538. The fraction of sp³-hybridized carbons (Fsp3) is 0.571. The van der Waals surface area contributed by atoms with Gasteiger partial charge in [0.1, 0.15) is 11.3 Å². The molecule has 0 aromatic carbocycles. The van der Waals surface area contributed by atoms with Crippen LogP contribution in [0.4, 0.5) is 0 Å². The van der Waals surface area contributed by atoms with Crippen LogP contribution in [0.1, 0.15) is 51.0 Å². The highest BCUT2D eigenvalue weighted by Gasteiger charge is 2.23. The quantitative estimate of drug-likeness (QED) is 0.883. The molecule has 0 aliphatic carbocycles. The molecule has 1 atom stereocenters. The number of aromatic nitrogens is 3. The first kappa shape index (κ1) is 11.7. The first-order valence-corrected chi connectivity index (χ1v) is 6.83. The summed E-state index contributed by atoms with van der Waals surface area (Å²) in [5.74, 6) is 1.15. The molecule has 0 saturated carbocycles. The number of hydrogen-bond acceptors (Lipinski definition) is 3. The SMILES string of the molecule is CC(C)n1c(C2CCCCN2)nc2cccnc21. The van der Waals surface area contributed by atoms with E-state index in [4.69, 9.17) is 4.98 Å². The Morgan fingerprint density at radius 3 is 3.00 bits per heavy atom. The standard InChI is InChI=1S/C14H20N4/c1-10(2)18-13-12(7-5-9-16-13)17-14(18)11-6-3-4-8-15-11/h5,7,9-11,15H,3-4,6,8H2,1-2H3. The lowest BCUT2D eigenvalue weighted by molar-refractivity contribution is 0.380. The van der Waals surface area contributed by atoms with Crippen LogP contribution in [0, 0.1) is 0 Å². The number of piperidine rings is 1. The average molecular weight is 244 g/mol. The van der Waals surface area contributed by atoms with Crippen molar-refractivity contribution < 1.29 is 0 Å². The predicted octanol–water partition coefficient (Wildman–Crippen LogP) is 2.83. The zero-order valence-corrected chi connectivity index (χ0v) is 11.1. The fourth-order valence-electron chi connectivity index (χ4n) is 2.77. The van der Waals surface area contributed by atoms with Crippen LogP contribution in [-0.4, -0.2) is 21.1 Å². The van der Waals surface area contributed by atoms with Gasteiger partial charge in [-0.3, -0.25) is 0 Å². The Hall–Kier alpha value is -1.42. The van der Waals surface area contributed by atoms with Crippen molar-refractivity contribution >= 4 is 11.2 Å². The second kappa shape index (κ2) is 4.69. The molecule has 0 spiro atoms. The average Bonchev–Trinajstić information content (AvgIpc) is 2.79. The van der Waals surface area contributed by atoms with Crippen LogP contribution in [0.3, 0.4) is 0 Å². The lowest BCUT2D eigenvalue weighted by atomic mass is 10.0. The molecule has 2 aromatic heterocycles. The summed E-state index contributed by atoms with van der Waals surface area (Å²) in [6.07, 6.45) is 5.58. The third kappa shape index (κ3) is 1.90. The summed E-state index contributed by atoms with van der Waals surface area (Å²) in [7, 11) is 0. The summed E-state index contributed by atoms with van der Waals surface area (Å²) < 4.78 is 2.28. The van der Waals surface area contributed by atoms with Crippen molar-refractivity contribution in [3.8, 4) is 0 Å². The zero-order valence-electron chi connectivity index (χ0n) is 11.1. The number of nitrogens with one attached hydrogen (secondary N) is 1. The van der Waals surface area contributed by atoms with Crippen molar-refractivity contribution in [2.45, 2.75) is 45.2 Å². The molecule has 2 aromatic rings. The van der Waals surface area contributed by atoms with E-state index in [2.05, 4.69) is 28.7 Å². The Morgan fingerprint density at radius 1 is 1.39 bits per heavy atom. The van der Waals surface area contributed by atoms with Gasteiger partial charge in [-0.05, 0) is 45.4 Å². The number of fused-ring (bicyclic) bond motifs is 1. The highest BCUT2D eigenvalue weighted by atomic mass is 15.2. The molecule has 1 saturated heterocycles. The fourth-order valence-corrected chi connectivity index (χ4v) is 2.77. The van der Waals surface area contributed by atoms with Crippen molar-refractivity contribution in [2.24, 2.45) is 0 Å². The highest BCUT2D eigenvalue weighted by Crippen LogP contribution is 2.27. The molecule has 3 rings (SSSR count). The first-order valence-electron chi connectivity index (χ1n) is 6.83. The maximum atomic E-state index is 4.80. The Kier molecular flexibility index (Phi) is 3.04. The largest absolute Gasteiger partial charge is 0.309 e. The normalized spacial score (nSPS) is 20.7. The van der Waals surface area contributed by atoms with Crippen LogP contribution < -0.4 is 5.32 Å². The van der Waals surface area contributed by atoms with E-state index in [0.717, 1.165) is 23.5 Å². The third-order valence-corrected chi connectivity index (χ3v) is 3.61. The summed E-state index contributed by atoms with van der Waals surface area (Å²) >= 11 is 0. The van der Waals surface area contributed by atoms with E-state index in [1.165, 1.54) is 19.3 Å². The van der Waals surface area contributed by atoms with Gasteiger partial charge in [0.15, 0.2) is 5.65 Å². The highest BCUT2D eigenvalue weighted by molar-refractivity contribution is 5.71. The van der Waals surface area contributed by atoms with Crippen molar-refractivity contribution in [1.29, 1.82) is 0 Å². The molecule has 96 valence electrons. The number of imidazole rings is 1. The molecular weight excluding hydrogens is 224 g/mol. The van der Waals surface area contributed by atoms with Crippen LogP contribution in [-0.2, 0) is 0 Å². The van der Waals surface area contributed by atoms with Crippen LogP contribution in [0.15, 0.2) is 18.3 Å². The van der Waals surface area contributed by atoms with Crippen molar-refractivity contribution in [1.82, 2.24) is 19.9 Å². The topological polar surface area (TPSA) is 42.7 Å². The smallest absolute Gasteiger partial charge is 0.160 e. The Balaban J connectivity index is 2.11. The van der Waals surface area contributed by atoms with Gasteiger partial charge >= 0.3 is 0 Å². The minimum Gasteiger partial charge on any atom is -0.309 e. The molecule has 1 N–H and O–H groups in total. The summed E-state index contributed by atoms with van der Waals surface area (Å²) in [5, 5.41) is 3.58. The van der Waals surface area contributed by atoms with Gasteiger partial charge < -0.3 is 9.88 Å². The zero-order chi connectivity index (χ0) is 12.5. The van der Waals surface area contributed by atoms with Crippen LogP contribution >= 0.6 is 0 Å². The van der Waals surface area contributed by atoms with Gasteiger partial charge in [-0.1, -0.05) is 6.42 Å². The van der Waals surface area contributed by atoms with E-state index in [1.54, 1.807) is 0 Å². The summed E-state index contributed by atoms with van der Waals surface area (Å²) in [4.78, 5) is 9.29. The number of hydrogen-bond donors (Lipinski definition) is 1. The van der Waals surface area contributed by atoms with Crippen molar-refractivity contribution in [2.75, 3.05) is 6.54 Å². The van der Waals surface area contributed by atoms with Gasteiger partial charge in [0.25, 0.3) is 0 Å². The number of rotatable bonds is 2. The molecule has 1 fully saturated rings. The van der Waals surface area contributed by atoms with E-state index >= 15 is 0 Å². The second-order valence-electron chi connectivity index (χ2n) is 5.28. The maximum absolute atomic E-state index is 4.80. The number of nitrogens with zero attached hydrogens (tertiary/aromatic N) is 3. The minimum atomic E-state index is 0.385. The lowest BCUT2D eigenvalue weighted by Gasteiger charge is -2.25. The summed E-state index contributed by atoms with van der Waals surface area (Å²) in [5.41, 5.74) is 2.02. The van der Waals surface area contributed by atoms with E-state index in [1.807, 2.05) is 18.3 Å². The molecule has 1 aliphatic rings. The van der Waals surface area contributed by atoms with Gasteiger partial charge in [0.05, 0.1) is 6.04 Å². The van der Waals surface area contributed by atoms with Crippen molar-refractivity contribution in [3.63, 3.8) is 0 Å². The molecule has 18 heavy (non-hydrogen) atoms. The molecule has 0 bridgehead atoms. The van der Waals surface area contributed by atoms with Gasteiger partial charge in [0.2, 0.25) is 0 Å². The maximum Gasteiger partial charge on any atom is 0.160 e. The monoisotopic (exact) mass is 244 g/mol. The van der Waals surface area contributed by atoms with Gasteiger partial charge in [-0.15, -0.1) is 0 Å². The predicted molar refractivity (Wildman–Crippen MR) is 72.5 cm³/mol. The van der Waals surface area contributed by atoms with Gasteiger partial charge in [-0.2, -0.15) is 0 Å². The van der Waals surface area contributed by atoms with E-state index < -0.39 is 0 Å². The van der Waals surface area contributed by atoms with E-state index in [-0.39, 0.29) is 0 Å². The molecule has 0 amide bonds. The molecule has 4 heteroatoms. The Labute approximate surface area is 107 Å². The lowest BCUT2D eigenvalue weighted by Crippen LogP contribution is -2.29. The van der Waals surface area contributed by atoms with E-state index in [0.29, 0.717) is 12.1 Å². The molecular formula is C14H20N4. The second-order valence-corrected chi connectivity index (χ2v) is 5.28. The van der Waals surface area contributed by atoms with Crippen molar-refractivity contribution in [3.05, 3.63) is 24.2 Å². The molecule has 4 nitrogen and oxygen atoms in total. The first-order chi connectivity index (χ1) is 8.77. The molecule has 3 heterocycles. The number of pyridine rings is 1. The van der Waals surface area contributed by atoms with Crippen LogP contribution in [0.25, 0.3) is 11.2 Å². The molecule has 0 radical (unpaired) electrons. The van der Waals surface area contributed by atoms with Crippen LogP contribution in [0.2, 0.25) is 0 Å².